The number of para-hydroxylation sites is 2. The molecule has 1 heterocycles. The average Bonchev–Trinajstić information content (AvgIpc) is 3.56. The van der Waals surface area contributed by atoms with Crippen LogP contribution in [-0.4, -0.2) is 9.55 Å². The van der Waals surface area contributed by atoms with Gasteiger partial charge in [-0.1, -0.05) is 134 Å². The van der Waals surface area contributed by atoms with Crippen molar-refractivity contribution in [1.29, 1.82) is 0 Å². The van der Waals surface area contributed by atoms with Crippen molar-refractivity contribution in [3.63, 3.8) is 0 Å². The van der Waals surface area contributed by atoms with Crippen LogP contribution in [0.25, 0.3) is 71.6 Å². The highest BCUT2D eigenvalue weighted by atomic mass is 15.1. The van der Waals surface area contributed by atoms with Crippen LogP contribution in [0.3, 0.4) is 0 Å². The Bertz CT molecular complexity index is 2600. The normalized spacial score (nSPS) is 14.1. The molecule has 0 atom stereocenters. The Morgan fingerprint density at radius 3 is 1.56 bits per heavy atom. The van der Waals surface area contributed by atoms with Crippen molar-refractivity contribution in [1.82, 2.24) is 9.55 Å². The van der Waals surface area contributed by atoms with Crippen LogP contribution >= 0.6 is 0 Å². The Labute approximate surface area is 262 Å². The summed E-state index contributed by atoms with van der Waals surface area (Å²) in [6.07, 6.45) is 0.700. The minimum absolute atomic E-state index is 0.191. The quantitative estimate of drug-likeness (QED) is 0.192. The van der Waals surface area contributed by atoms with E-state index < -0.39 is 24.2 Å². The molecule has 2 heteroatoms. The van der Waals surface area contributed by atoms with Gasteiger partial charge in [-0.2, -0.15) is 0 Å². The number of fused-ring (bicyclic) bond motifs is 3. The lowest BCUT2D eigenvalue weighted by atomic mass is 9.85. The fraction of sp³-hybridized carbons (Fsp3) is 0.0488. The number of benzene rings is 7. The third-order valence-electron chi connectivity index (χ3n) is 8.02. The molecule has 8 aromatic rings. The molecule has 0 saturated heterocycles. The fourth-order valence-electron chi connectivity index (χ4n) is 6.04. The molecular formula is C41H30N2. The first kappa shape index (κ1) is 18.1. The molecule has 0 spiro atoms. The van der Waals surface area contributed by atoms with Crippen molar-refractivity contribution in [2.45, 2.75) is 13.3 Å². The smallest absolute Gasteiger partial charge is 0.114 e. The Hall–Kier alpha value is -5.47. The Morgan fingerprint density at radius 1 is 0.535 bits per heavy atom. The maximum Gasteiger partial charge on any atom is 0.114 e. The zero-order valence-electron chi connectivity index (χ0n) is 31.4. The van der Waals surface area contributed by atoms with Crippen LogP contribution in [0, 0.1) is 0 Å². The summed E-state index contributed by atoms with van der Waals surface area (Å²) in [5.41, 5.74) is 6.37. The van der Waals surface area contributed by atoms with Gasteiger partial charge in [0.2, 0.25) is 0 Å². The molecule has 0 unspecified atom stereocenters. The number of hydrogen-bond acceptors (Lipinski definition) is 1. The molecule has 0 aliphatic carbocycles. The molecule has 0 radical (unpaired) electrons. The Morgan fingerprint density at radius 2 is 1.00 bits per heavy atom. The molecule has 0 bridgehead atoms. The van der Waals surface area contributed by atoms with E-state index in [0.717, 1.165) is 33.7 Å². The van der Waals surface area contributed by atoms with Crippen LogP contribution in [0.4, 0.5) is 0 Å². The largest absolute Gasteiger partial charge is 0.296 e. The maximum absolute atomic E-state index is 9.22. The molecule has 0 aliphatic rings. The molecule has 204 valence electrons. The SMILES string of the molecule is [2H]c1c([2H])c([2H])c2c(-c3ccc(-n4c(CC)nc5ccccc54)cc3)c3c([2H])c([2H])c([2H])c([2H])c3c(-c3ccc(-c4ccccc4)cc3)c2c1[2H]. The number of aromatic nitrogens is 2. The topological polar surface area (TPSA) is 17.8 Å². The summed E-state index contributed by atoms with van der Waals surface area (Å²) < 4.78 is 73.7. The number of nitrogens with zero attached hydrogens (tertiary/aromatic N) is 2. The van der Waals surface area contributed by atoms with Crippen molar-refractivity contribution >= 4 is 32.6 Å². The molecule has 0 fully saturated rings. The number of imidazole rings is 1. The van der Waals surface area contributed by atoms with Gasteiger partial charge in [0.05, 0.1) is 22.0 Å². The lowest BCUT2D eigenvalue weighted by molar-refractivity contribution is 0.908. The molecule has 2 nitrogen and oxygen atoms in total. The van der Waals surface area contributed by atoms with E-state index in [0.29, 0.717) is 28.7 Å². The van der Waals surface area contributed by atoms with Crippen molar-refractivity contribution in [3.05, 3.63) is 157 Å². The highest BCUT2D eigenvalue weighted by Gasteiger charge is 2.17. The van der Waals surface area contributed by atoms with E-state index in [4.69, 9.17) is 10.5 Å². The predicted octanol–water partition coefficient (Wildman–Crippen LogP) is 10.9. The van der Waals surface area contributed by atoms with E-state index in [1.165, 1.54) is 0 Å². The number of aryl methyl sites for hydroxylation is 1. The molecule has 8 rings (SSSR count). The van der Waals surface area contributed by atoms with Gasteiger partial charge in [-0.3, -0.25) is 4.57 Å². The van der Waals surface area contributed by atoms with Gasteiger partial charge >= 0.3 is 0 Å². The van der Waals surface area contributed by atoms with E-state index in [1.54, 1.807) is 0 Å². The van der Waals surface area contributed by atoms with Crippen molar-refractivity contribution < 1.29 is 11.0 Å². The summed E-state index contributed by atoms with van der Waals surface area (Å²) in [5.74, 6) is 0.880. The molecular weight excluding hydrogens is 520 g/mol. The summed E-state index contributed by atoms with van der Waals surface area (Å²) in [6.45, 7) is 2.04. The molecule has 1 aromatic heterocycles. The fourth-order valence-corrected chi connectivity index (χ4v) is 6.04. The average molecular weight is 559 g/mol. The van der Waals surface area contributed by atoms with Gasteiger partial charge in [-0.15, -0.1) is 0 Å². The third-order valence-corrected chi connectivity index (χ3v) is 8.02. The van der Waals surface area contributed by atoms with E-state index in [9.17, 15) is 5.48 Å². The standard InChI is InChI=1S/C41H30N2/c1-2-39-42-37-18-10-11-19-38(37)43(39)32-26-24-31(25-27-32)41-35-16-8-6-14-33(35)40(34-15-7-9-17-36(34)41)30-22-20-29(21-23-30)28-12-4-3-5-13-28/h3-27H,2H2,1H3/i6D,7D,8D,9D,14D,15D,16D,17D. The molecule has 43 heavy (non-hydrogen) atoms. The van der Waals surface area contributed by atoms with Crippen LogP contribution in [0.5, 0.6) is 0 Å². The van der Waals surface area contributed by atoms with Crippen LogP contribution in [0.1, 0.15) is 23.7 Å². The Kier molecular flexibility index (Phi) is 4.40. The first-order valence-corrected chi connectivity index (χ1v) is 14.3. The molecule has 0 saturated carbocycles. The molecule has 0 N–H and O–H groups in total. The van der Waals surface area contributed by atoms with Gasteiger partial charge in [0.25, 0.3) is 0 Å². The second kappa shape index (κ2) is 10.4. The Balaban J connectivity index is 1.48. The first-order chi connectivity index (χ1) is 24.6. The third kappa shape index (κ3) is 4.23. The van der Waals surface area contributed by atoms with Gasteiger partial charge in [-0.25, -0.2) is 4.98 Å². The van der Waals surface area contributed by atoms with Crippen molar-refractivity contribution in [3.8, 4) is 39.1 Å². The first-order valence-electron chi connectivity index (χ1n) is 18.3. The molecule has 0 aliphatic heterocycles. The minimum Gasteiger partial charge on any atom is -0.296 e. The van der Waals surface area contributed by atoms with Gasteiger partial charge in [0.1, 0.15) is 5.82 Å². The monoisotopic (exact) mass is 558 g/mol. The summed E-state index contributed by atoms with van der Waals surface area (Å²) in [7, 11) is 0. The highest BCUT2D eigenvalue weighted by molar-refractivity contribution is 6.21. The van der Waals surface area contributed by atoms with Crippen LogP contribution in [-0.2, 0) is 6.42 Å². The zero-order chi connectivity index (χ0) is 35.7. The lowest BCUT2D eigenvalue weighted by Gasteiger charge is -2.18. The van der Waals surface area contributed by atoms with E-state index in [2.05, 4.69) is 4.57 Å². The summed E-state index contributed by atoms with van der Waals surface area (Å²) in [4.78, 5) is 4.80. The molecule has 7 aromatic carbocycles. The number of rotatable bonds is 5. The van der Waals surface area contributed by atoms with Crippen LogP contribution in [0.2, 0.25) is 0 Å². The summed E-state index contributed by atoms with van der Waals surface area (Å²) >= 11 is 0. The van der Waals surface area contributed by atoms with Crippen molar-refractivity contribution in [2.24, 2.45) is 0 Å². The van der Waals surface area contributed by atoms with Crippen LogP contribution in [0.15, 0.2) is 151 Å². The minimum atomic E-state index is -0.423. The van der Waals surface area contributed by atoms with Crippen molar-refractivity contribution in [2.75, 3.05) is 0 Å². The second-order valence-corrected chi connectivity index (χ2v) is 10.4. The second-order valence-electron chi connectivity index (χ2n) is 10.4. The predicted molar refractivity (Wildman–Crippen MR) is 182 cm³/mol. The van der Waals surface area contributed by atoms with E-state index in [1.807, 2.05) is 110 Å². The lowest BCUT2D eigenvalue weighted by Crippen LogP contribution is -2.00. The van der Waals surface area contributed by atoms with Gasteiger partial charge in [0.15, 0.2) is 0 Å². The van der Waals surface area contributed by atoms with Crippen LogP contribution < -0.4 is 0 Å². The van der Waals surface area contributed by atoms with Gasteiger partial charge < -0.3 is 0 Å². The van der Waals surface area contributed by atoms with Gasteiger partial charge in [-0.05, 0) is 79.2 Å². The van der Waals surface area contributed by atoms with E-state index in [-0.39, 0.29) is 45.7 Å². The zero-order valence-corrected chi connectivity index (χ0v) is 23.4. The van der Waals surface area contributed by atoms with Gasteiger partial charge in [0, 0.05) is 12.1 Å². The molecule has 0 amide bonds. The number of hydrogen-bond donors (Lipinski definition) is 0. The van der Waals surface area contributed by atoms with E-state index >= 15 is 0 Å². The maximum atomic E-state index is 9.22. The summed E-state index contributed by atoms with van der Waals surface area (Å²) in [6, 6.07) is 29.9. The summed E-state index contributed by atoms with van der Waals surface area (Å²) in [5, 5.41) is 0.768. The highest BCUT2D eigenvalue weighted by Crippen LogP contribution is 2.44.